The smallest absolute Gasteiger partial charge is 0.261 e. The van der Waals surface area contributed by atoms with Gasteiger partial charge in [0.15, 0.2) is 17.3 Å². The van der Waals surface area contributed by atoms with Crippen LogP contribution in [0, 0.1) is 5.92 Å². The monoisotopic (exact) mass is 382 g/mol. The Morgan fingerprint density at radius 1 is 1.32 bits per heavy atom. The molecular weight excluding hydrogens is 356 g/mol. The van der Waals surface area contributed by atoms with Gasteiger partial charge in [-0.15, -0.1) is 10.2 Å². The molecule has 3 aromatic heterocycles. The van der Waals surface area contributed by atoms with Crippen molar-refractivity contribution in [3.05, 3.63) is 30.0 Å². The zero-order chi connectivity index (χ0) is 19.5. The second-order valence-electron chi connectivity index (χ2n) is 7.81. The summed E-state index contributed by atoms with van der Waals surface area (Å²) in [7, 11) is 0. The van der Waals surface area contributed by atoms with E-state index in [-0.39, 0.29) is 11.8 Å². The summed E-state index contributed by atoms with van der Waals surface area (Å²) in [6.07, 6.45) is 8.56. The van der Waals surface area contributed by atoms with Crippen molar-refractivity contribution >= 4 is 11.6 Å². The van der Waals surface area contributed by atoms with Gasteiger partial charge >= 0.3 is 0 Å². The molecule has 148 valence electrons. The number of fused-ring (bicyclic) bond motifs is 1. The van der Waals surface area contributed by atoms with Crippen LogP contribution in [0.2, 0.25) is 0 Å². The van der Waals surface area contributed by atoms with Crippen molar-refractivity contribution in [3.63, 3.8) is 0 Å². The summed E-state index contributed by atoms with van der Waals surface area (Å²) in [4.78, 5) is 16.6. The van der Waals surface area contributed by atoms with Crippen LogP contribution in [0.15, 0.2) is 22.9 Å². The van der Waals surface area contributed by atoms with Crippen LogP contribution >= 0.6 is 0 Å². The molecule has 1 amide bonds. The summed E-state index contributed by atoms with van der Waals surface area (Å²) in [5.74, 6) is 2.73. The van der Waals surface area contributed by atoms with E-state index in [2.05, 4.69) is 25.7 Å². The Kier molecular flexibility index (Phi) is 5.36. The van der Waals surface area contributed by atoms with E-state index in [1.165, 1.54) is 25.7 Å². The van der Waals surface area contributed by atoms with Crippen LogP contribution in [-0.2, 0) is 11.3 Å². The second kappa shape index (κ2) is 8.08. The van der Waals surface area contributed by atoms with Crippen LogP contribution in [0.25, 0.3) is 17.1 Å². The largest absolute Gasteiger partial charge is 0.349 e. The predicted octanol–water partition coefficient (Wildman–Crippen LogP) is 3.49. The van der Waals surface area contributed by atoms with Crippen molar-refractivity contribution in [2.45, 2.75) is 64.8 Å². The van der Waals surface area contributed by atoms with Gasteiger partial charge in [0.1, 0.15) is 0 Å². The molecule has 0 saturated heterocycles. The average molecular weight is 382 g/mol. The number of hydrogen-bond donors (Lipinski definition) is 1. The topological polar surface area (TPSA) is 98.2 Å². The van der Waals surface area contributed by atoms with E-state index < -0.39 is 0 Å². The number of carbonyl (C=O) groups excluding carboxylic acids is 1. The molecule has 4 rings (SSSR count). The summed E-state index contributed by atoms with van der Waals surface area (Å²) in [6, 6.07) is 3.77. The van der Waals surface area contributed by atoms with Crippen LogP contribution < -0.4 is 5.32 Å². The normalized spacial score (nSPS) is 15.0. The first-order valence-corrected chi connectivity index (χ1v) is 10.0. The van der Waals surface area contributed by atoms with Crippen molar-refractivity contribution < 1.29 is 9.32 Å². The van der Waals surface area contributed by atoms with E-state index in [0.717, 1.165) is 12.0 Å². The lowest BCUT2D eigenvalue weighted by molar-refractivity contribution is -0.121. The van der Waals surface area contributed by atoms with Crippen LogP contribution in [0.1, 0.15) is 69.9 Å². The Labute approximate surface area is 163 Å². The van der Waals surface area contributed by atoms with Crippen molar-refractivity contribution in [2.24, 2.45) is 5.92 Å². The minimum absolute atomic E-state index is 0.0679. The fraction of sp³-hybridized carbons (Fsp3) is 0.550. The lowest BCUT2D eigenvalue weighted by Crippen LogP contribution is -2.24. The zero-order valence-corrected chi connectivity index (χ0v) is 16.4. The molecule has 0 unspecified atom stereocenters. The van der Waals surface area contributed by atoms with E-state index in [9.17, 15) is 4.79 Å². The zero-order valence-electron chi connectivity index (χ0n) is 16.4. The number of amides is 1. The Hall–Kier alpha value is -2.77. The highest BCUT2D eigenvalue weighted by Crippen LogP contribution is 2.28. The number of rotatable bonds is 7. The molecule has 3 heterocycles. The van der Waals surface area contributed by atoms with Crippen molar-refractivity contribution in [3.8, 4) is 11.5 Å². The van der Waals surface area contributed by atoms with Crippen LogP contribution in [0.4, 0.5) is 0 Å². The first kappa shape index (κ1) is 18.6. The fourth-order valence-corrected chi connectivity index (χ4v) is 3.73. The number of pyridine rings is 1. The maximum Gasteiger partial charge on any atom is 0.261 e. The van der Waals surface area contributed by atoms with E-state index in [0.29, 0.717) is 42.1 Å². The maximum absolute atomic E-state index is 12.2. The van der Waals surface area contributed by atoms with Crippen LogP contribution in [-0.4, -0.2) is 30.6 Å². The molecule has 3 aromatic rings. The third kappa shape index (κ3) is 3.90. The number of nitrogens with one attached hydrogen (secondary N) is 1. The molecule has 1 fully saturated rings. The van der Waals surface area contributed by atoms with E-state index in [1.54, 1.807) is 0 Å². The van der Waals surface area contributed by atoms with Gasteiger partial charge in [-0.2, -0.15) is 4.98 Å². The highest BCUT2D eigenvalue weighted by Gasteiger charge is 2.18. The van der Waals surface area contributed by atoms with Gasteiger partial charge in [-0.25, -0.2) is 0 Å². The van der Waals surface area contributed by atoms with E-state index in [4.69, 9.17) is 4.52 Å². The van der Waals surface area contributed by atoms with Crippen molar-refractivity contribution in [1.29, 1.82) is 0 Å². The quantitative estimate of drug-likeness (QED) is 0.672. The van der Waals surface area contributed by atoms with Gasteiger partial charge in [-0.1, -0.05) is 44.7 Å². The summed E-state index contributed by atoms with van der Waals surface area (Å²) in [6.45, 7) is 4.37. The average Bonchev–Trinajstić information content (AvgIpc) is 3.45. The molecule has 1 saturated carbocycles. The molecule has 28 heavy (non-hydrogen) atoms. The third-order valence-corrected chi connectivity index (χ3v) is 5.39. The second-order valence-corrected chi connectivity index (χ2v) is 7.81. The summed E-state index contributed by atoms with van der Waals surface area (Å²) in [5.41, 5.74) is 1.37. The van der Waals surface area contributed by atoms with E-state index >= 15 is 0 Å². The summed E-state index contributed by atoms with van der Waals surface area (Å²) in [5, 5.41) is 15.5. The SMILES string of the molecule is CC(C)c1noc(-c2cccn3c(CNC(=O)CCC4CCCC4)nnc23)n1. The van der Waals surface area contributed by atoms with Gasteiger partial charge in [0.2, 0.25) is 5.91 Å². The van der Waals surface area contributed by atoms with Gasteiger partial charge in [-0.3, -0.25) is 9.20 Å². The molecule has 1 N–H and O–H groups in total. The first-order valence-electron chi connectivity index (χ1n) is 10.0. The van der Waals surface area contributed by atoms with Crippen molar-refractivity contribution in [2.75, 3.05) is 0 Å². The van der Waals surface area contributed by atoms with Crippen LogP contribution in [0.5, 0.6) is 0 Å². The fourth-order valence-electron chi connectivity index (χ4n) is 3.73. The molecule has 0 spiro atoms. The molecule has 0 bridgehead atoms. The Balaban J connectivity index is 1.44. The van der Waals surface area contributed by atoms with E-state index in [1.807, 2.05) is 36.6 Å². The van der Waals surface area contributed by atoms with Crippen LogP contribution in [0.3, 0.4) is 0 Å². The highest BCUT2D eigenvalue weighted by molar-refractivity contribution is 5.76. The van der Waals surface area contributed by atoms with Gasteiger partial charge in [0, 0.05) is 18.5 Å². The number of nitrogens with zero attached hydrogens (tertiary/aromatic N) is 5. The molecule has 0 atom stereocenters. The minimum atomic E-state index is 0.0679. The first-order chi connectivity index (χ1) is 13.6. The number of aromatic nitrogens is 5. The minimum Gasteiger partial charge on any atom is -0.349 e. The maximum atomic E-state index is 12.2. The molecule has 1 aliphatic rings. The molecule has 8 nitrogen and oxygen atoms in total. The molecule has 1 aliphatic carbocycles. The molecular formula is C20H26N6O2. The van der Waals surface area contributed by atoms with Gasteiger partial charge in [0.25, 0.3) is 5.89 Å². The molecule has 8 heteroatoms. The molecule has 0 aliphatic heterocycles. The number of hydrogen-bond acceptors (Lipinski definition) is 6. The van der Waals surface area contributed by atoms with Crippen molar-refractivity contribution in [1.82, 2.24) is 30.1 Å². The Morgan fingerprint density at radius 2 is 2.14 bits per heavy atom. The lowest BCUT2D eigenvalue weighted by atomic mass is 10.0. The van der Waals surface area contributed by atoms with Gasteiger partial charge in [-0.05, 0) is 24.5 Å². The summed E-state index contributed by atoms with van der Waals surface area (Å²) < 4.78 is 7.25. The Morgan fingerprint density at radius 3 is 2.89 bits per heavy atom. The third-order valence-electron chi connectivity index (χ3n) is 5.39. The number of carbonyl (C=O) groups is 1. The highest BCUT2D eigenvalue weighted by atomic mass is 16.5. The lowest BCUT2D eigenvalue weighted by Gasteiger charge is -2.08. The van der Waals surface area contributed by atoms with Gasteiger partial charge < -0.3 is 9.84 Å². The van der Waals surface area contributed by atoms with Gasteiger partial charge in [0.05, 0.1) is 12.1 Å². The molecule has 0 radical (unpaired) electrons. The Bertz CT molecular complexity index is 955. The predicted molar refractivity (Wildman–Crippen MR) is 103 cm³/mol. The summed E-state index contributed by atoms with van der Waals surface area (Å²) >= 11 is 0. The standard InChI is InChI=1S/C20H26N6O2/c1-13(2)18-22-20(28-25-18)15-8-5-11-26-16(23-24-19(15)26)12-21-17(27)10-9-14-6-3-4-7-14/h5,8,11,13-14H,3-4,6-7,9-10,12H2,1-2H3,(H,21,27). The molecule has 0 aromatic carbocycles.